The Balaban J connectivity index is 2.58. The number of rotatable bonds is 2. The predicted molar refractivity (Wildman–Crippen MR) is 63.8 cm³/mol. The first-order valence-corrected chi connectivity index (χ1v) is 5.34. The summed E-state index contributed by atoms with van der Waals surface area (Å²) in [5, 5.41) is 1.30. The Morgan fingerprint density at radius 2 is 2.23 bits per heavy atom. The van der Waals surface area contributed by atoms with E-state index in [1.54, 1.807) is 0 Å². The van der Waals surface area contributed by atoms with E-state index in [1.165, 1.54) is 20.0 Å². The number of nitrogens with one attached hydrogen (secondary N) is 1. The monoisotopic (exact) mass is 286 g/mol. The molecule has 0 aliphatic heterocycles. The maximum Gasteiger partial charge on any atom is 0.0457 e. The van der Waals surface area contributed by atoms with Crippen molar-refractivity contribution < 1.29 is 0 Å². The van der Waals surface area contributed by atoms with E-state index >= 15 is 0 Å². The smallest absolute Gasteiger partial charge is 0.0457 e. The minimum Gasteiger partial charge on any atom is -0.361 e. The van der Waals surface area contributed by atoms with Crippen molar-refractivity contribution >= 4 is 33.5 Å². The summed E-state index contributed by atoms with van der Waals surface area (Å²) >= 11 is 2.33. The fourth-order valence-corrected chi connectivity index (χ4v) is 2.00. The highest BCUT2D eigenvalue weighted by atomic mass is 127. The third-order valence-corrected chi connectivity index (χ3v) is 2.81. The van der Waals surface area contributed by atoms with Crippen molar-refractivity contribution in [3.63, 3.8) is 0 Å². The lowest BCUT2D eigenvalue weighted by Crippen LogP contribution is -2.01. The number of halogens is 1. The van der Waals surface area contributed by atoms with Gasteiger partial charge in [-0.15, -0.1) is 0 Å². The molecule has 0 fully saturated rings. The van der Waals surface area contributed by atoms with E-state index < -0.39 is 0 Å². The number of hydrogen-bond donors (Lipinski definition) is 2. The van der Waals surface area contributed by atoms with Crippen molar-refractivity contribution in [3.05, 3.63) is 33.5 Å². The molecule has 0 saturated carbocycles. The first-order valence-electron chi connectivity index (χ1n) is 4.27. The van der Waals surface area contributed by atoms with Crippen molar-refractivity contribution in [3.8, 4) is 0 Å². The van der Waals surface area contributed by atoms with Gasteiger partial charge in [0.05, 0.1) is 0 Å². The summed E-state index contributed by atoms with van der Waals surface area (Å²) in [6, 6.07) is 6.40. The highest BCUT2D eigenvalue weighted by molar-refractivity contribution is 14.1. The lowest BCUT2D eigenvalue weighted by Gasteiger charge is -1.96. The summed E-state index contributed by atoms with van der Waals surface area (Å²) in [5.74, 6) is 0. The zero-order valence-electron chi connectivity index (χ0n) is 7.18. The second-order valence-electron chi connectivity index (χ2n) is 3.04. The van der Waals surface area contributed by atoms with Crippen LogP contribution in [0, 0.1) is 3.57 Å². The predicted octanol–water partition coefficient (Wildman–Crippen LogP) is 2.27. The van der Waals surface area contributed by atoms with Crippen LogP contribution in [0.1, 0.15) is 5.56 Å². The molecule has 0 bridgehead atoms. The van der Waals surface area contributed by atoms with Gasteiger partial charge >= 0.3 is 0 Å². The van der Waals surface area contributed by atoms with Crippen molar-refractivity contribution in [1.82, 2.24) is 4.98 Å². The molecule has 1 aromatic heterocycles. The minimum absolute atomic E-state index is 0.707. The van der Waals surface area contributed by atoms with E-state index in [4.69, 9.17) is 5.73 Å². The average Bonchev–Trinajstić information content (AvgIpc) is 2.49. The molecule has 0 aliphatic rings. The van der Waals surface area contributed by atoms with Crippen LogP contribution in [0.25, 0.3) is 10.9 Å². The Hall–Kier alpha value is -0.550. The molecular formula is C10H11IN2. The zero-order chi connectivity index (χ0) is 9.26. The summed E-state index contributed by atoms with van der Waals surface area (Å²) in [4.78, 5) is 3.24. The maximum atomic E-state index is 5.53. The van der Waals surface area contributed by atoms with Gasteiger partial charge in [0.1, 0.15) is 0 Å². The molecule has 0 saturated heterocycles. The van der Waals surface area contributed by atoms with Gasteiger partial charge in [-0.3, -0.25) is 0 Å². The Labute approximate surface area is 90.7 Å². The van der Waals surface area contributed by atoms with Crippen LogP contribution < -0.4 is 5.73 Å². The minimum atomic E-state index is 0.707. The third-order valence-electron chi connectivity index (χ3n) is 2.14. The second-order valence-corrected chi connectivity index (χ2v) is 4.29. The van der Waals surface area contributed by atoms with Crippen molar-refractivity contribution in [2.75, 3.05) is 6.54 Å². The Kier molecular flexibility index (Phi) is 2.55. The number of nitrogens with two attached hydrogens (primary N) is 1. The van der Waals surface area contributed by atoms with Crippen LogP contribution in [0.4, 0.5) is 0 Å². The van der Waals surface area contributed by atoms with Gasteiger partial charge in [-0.25, -0.2) is 0 Å². The van der Waals surface area contributed by atoms with Gasteiger partial charge in [-0.2, -0.15) is 0 Å². The molecule has 2 rings (SSSR count). The van der Waals surface area contributed by atoms with Gasteiger partial charge in [0.25, 0.3) is 0 Å². The number of H-pyrrole nitrogens is 1. The average molecular weight is 286 g/mol. The van der Waals surface area contributed by atoms with E-state index in [2.05, 4.69) is 45.8 Å². The van der Waals surface area contributed by atoms with E-state index in [1.807, 2.05) is 6.20 Å². The quantitative estimate of drug-likeness (QED) is 0.817. The Morgan fingerprint density at radius 3 is 3.00 bits per heavy atom. The highest BCUT2D eigenvalue weighted by Gasteiger charge is 2.02. The Morgan fingerprint density at radius 1 is 1.38 bits per heavy atom. The third kappa shape index (κ3) is 1.71. The van der Waals surface area contributed by atoms with Crippen LogP contribution in [0.15, 0.2) is 24.4 Å². The molecule has 0 amide bonds. The number of benzene rings is 1. The summed E-state index contributed by atoms with van der Waals surface area (Å²) in [5.41, 5.74) is 8.05. The molecule has 0 aliphatic carbocycles. The summed E-state index contributed by atoms with van der Waals surface area (Å²) in [6.07, 6.45) is 2.99. The number of fused-ring (bicyclic) bond motifs is 1. The molecule has 1 heterocycles. The Bertz CT molecular complexity index is 420. The molecule has 68 valence electrons. The van der Waals surface area contributed by atoms with E-state index in [-0.39, 0.29) is 0 Å². The first kappa shape index (κ1) is 9.02. The van der Waals surface area contributed by atoms with Gasteiger partial charge in [-0.1, -0.05) is 0 Å². The fourth-order valence-electron chi connectivity index (χ4n) is 1.51. The van der Waals surface area contributed by atoms with E-state index in [0.29, 0.717) is 6.54 Å². The number of hydrogen-bond acceptors (Lipinski definition) is 1. The largest absolute Gasteiger partial charge is 0.361 e. The molecule has 2 aromatic rings. The zero-order valence-corrected chi connectivity index (χ0v) is 9.34. The molecule has 0 unspecified atom stereocenters. The topological polar surface area (TPSA) is 41.8 Å². The summed E-state index contributed by atoms with van der Waals surface area (Å²) in [7, 11) is 0. The normalized spacial score (nSPS) is 10.9. The molecule has 0 spiro atoms. The number of aromatic amines is 1. The van der Waals surface area contributed by atoms with Gasteiger partial charge in [0, 0.05) is 20.7 Å². The standard InChI is InChI=1S/C10H11IN2/c11-8-1-2-10-9(5-8)7(3-4-12)6-13-10/h1-2,5-6,13H,3-4,12H2. The summed E-state index contributed by atoms with van der Waals surface area (Å²) < 4.78 is 1.27. The summed E-state index contributed by atoms with van der Waals surface area (Å²) in [6.45, 7) is 0.707. The van der Waals surface area contributed by atoms with Crippen LogP contribution in [0.3, 0.4) is 0 Å². The number of aromatic nitrogens is 1. The molecule has 2 nitrogen and oxygen atoms in total. The first-order chi connectivity index (χ1) is 6.31. The van der Waals surface area contributed by atoms with Crippen LogP contribution >= 0.6 is 22.6 Å². The molecule has 1 aromatic carbocycles. The van der Waals surface area contributed by atoms with E-state index in [9.17, 15) is 0 Å². The highest BCUT2D eigenvalue weighted by Crippen LogP contribution is 2.20. The van der Waals surface area contributed by atoms with Crippen LogP contribution in [0.2, 0.25) is 0 Å². The van der Waals surface area contributed by atoms with E-state index in [0.717, 1.165) is 6.42 Å². The van der Waals surface area contributed by atoms with Gasteiger partial charge in [-0.05, 0) is 59.3 Å². The maximum absolute atomic E-state index is 5.53. The SMILES string of the molecule is NCCc1c[nH]c2ccc(I)cc12. The fraction of sp³-hybridized carbons (Fsp3) is 0.200. The van der Waals surface area contributed by atoms with Crippen LogP contribution in [-0.2, 0) is 6.42 Å². The molecule has 3 heteroatoms. The van der Waals surface area contributed by atoms with Crippen molar-refractivity contribution in [2.45, 2.75) is 6.42 Å². The lowest BCUT2D eigenvalue weighted by molar-refractivity contribution is 0.976. The van der Waals surface area contributed by atoms with Crippen molar-refractivity contribution in [1.29, 1.82) is 0 Å². The van der Waals surface area contributed by atoms with Crippen LogP contribution in [0.5, 0.6) is 0 Å². The van der Waals surface area contributed by atoms with Gasteiger partial charge in [0.15, 0.2) is 0 Å². The molecule has 3 N–H and O–H groups in total. The molecular weight excluding hydrogens is 275 g/mol. The van der Waals surface area contributed by atoms with Gasteiger partial charge in [0.2, 0.25) is 0 Å². The van der Waals surface area contributed by atoms with Crippen molar-refractivity contribution in [2.24, 2.45) is 5.73 Å². The van der Waals surface area contributed by atoms with Crippen LogP contribution in [-0.4, -0.2) is 11.5 Å². The molecule has 13 heavy (non-hydrogen) atoms. The van der Waals surface area contributed by atoms with Gasteiger partial charge < -0.3 is 10.7 Å². The molecule has 0 radical (unpaired) electrons. The second kappa shape index (κ2) is 3.67. The lowest BCUT2D eigenvalue weighted by atomic mass is 10.1. The molecule has 0 atom stereocenters.